The Labute approximate surface area is 86.6 Å². The molecular formula is C9H10ClNOS. The van der Waals surface area contributed by atoms with Crippen molar-refractivity contribution < 1.29 is 4.74 Å². The number of hydrogen-bond donors (Lipinski definition) is 0. The molecule has 4 heteroatoms. The number of pyridine rings is 1. The predicted octanol–water partition coefficient (Wildman–Crippen LogP) is 3.00. The van der Waals surface area contributed by atoms with E-state index in [-0.39, 0.29) is 0 Å². The summed E-state index contributed by atoms with van der Waals surface area (Å²) in [4.78, 5) is 4.14. The molecule has 1 heterocycles. The molecule has 0 atom stereocenters. The minimum Gasteiger partial charge on any atom is -0.489 e. The van der Waals surface area contributed by atoms with Crippen LogP contribution in [0.15, 0.2) is 17.3 Å². The molecule has 0 bridgehead atoms. The van der Waals surface area contributed by atoms with Gasteiger partial charge in [-0.1, -0.05) is 11.6 Å². The van der Waals surface area contributed by atoms with Crippen LogP contribution in [-0.4, -0.2) is 17.3 Å². The molecule has 0 aliphatic heterocycles. The quantitative estimate of drug-likeness (QED) is 0.724. The zero-order valence-corrected chi connectivity index (χ0v) is 8.86. The molecule has 70 valence electrons. The van der Waals surface area contributed by atoms with Gasteiger partial charge in [0.15, 0.2) is 0 Å². The first kappa shape index (κ1) is 9.16. The van der Waals surface area contributed by atoms with Crippen LogP contribution in [0.3, 0.4) is 0 Å². The number of thioether (sulfide) groups is 1. The molecule has 0 amide bonds. The van der Waals surface area contributed by atoms with Crippen molar-refractivity contribution in [3.63, 3.8) is 0 Å². The minimum atomic E-state index is 0.384. The number of hydrogen-bond acceptors (Lipinski definition) is 3. The summed E-state index contributed by atoms with van der Waals surface area (Å²) in [6.45, 7) is 0. The van der Waals surface area contributed by atoms with Crippen molar-refractivity contribution in [2.45, 2.75) is 24.0 Å². The van der Waals surface area contributed by atoms with Crippen LogP contribution < -0.4 is 4.74 Å². The molecule has 0 N–H and O–H groups in total. The Hall–Kier alpha value is -0.410. The van der Waals surface area contributed by atoms with E-state index in [9.17, 15) is 0 Å². The largest absolute Gasteiger partial charge is 0.489 e. The van der Waals surface area contributed by atoms with Crippen molar-refractivity contribution >= 4 is 23.4 Å². The van der Waals surface area contributed by atoms with E-state index >= 15 is 0 Å². The lowest BCUT2D eigenvalue weighted by atomic mass is 10.4. The Kier molecular flexibility index (Phi) is 2.65. The average molecular weight is 216 g/mol. The second kappa shape index (κ2) is 3.76. The van der Waals surface area contributed by atoms with Gasteiger partial charge in [-0.2, -0.15) is 0 Å². The molecule has 1 aliphatic carbocycles. The van der Waals surface area contributed by atoms with Crippen molar-refractivity contribution in [3.05, 3.63) is 17.3 Å². The summed E-state index contributed by atoms with van der Waals surface area (Å²) < 4.78 is 5.61. The van der Waals surface area contributed by atoms with E-state index in [1.807, 2.05) is 12.3 Å². The van der Waals surface area contributed by atoms with Gasteiger partial charge in [0.25, 0.3) is 0 Å². The predicted molar refractivity (Wildman–Crippen MR) is 54.7 cm³/mol. The van der Waals surface area contributed by atoms with Gasteiger partial charge in [0, 0.05) is 12.3 Å². The normalized spacial score (nSPS) is 15.8. The zero-order valence-electron chi connectivity index (χ0n) is 7.29. The molecule has 1 fully saturated rings. The second-order valence-corrected chi connectivity index (χ2v) is 4.12. The molecule has 13 heavy (non-hydrogen) atoms. The Morgan fingerprint density at radius 1 is 1.62 bits per heavy atom. The van der Waals surface area contributed by atoms with E-state index in [1.54, 1.807) is 6.20 Å². The summed E-state index contributed by atoms with van der Waals surface area (Å²) in [6, 6.07) is 1.82. The molecule has 1 saturated carbocycles. The second-order valence-electron chi connectivity index (χ2n) is 2.95. The topological polar surface area (TPSA) is 22.1 Å². The molecule has 2 rings (SSSR count). The van der Waals surface area contributed by atoms with Crippen LogP contribution in [0.25, 0.3) is 0 Å². The zero-order chi connectivity index (χ0) is 9.26. The maximum absolute atomic E-state index is 6.07. The van der Waals surface area contributed by atoms with Gasteiger partial charge in [0.05, 0.1) is 6.10 Å². The Balaban J connectivity index is 2.22. The summed E-state index contributed by atoms with van der Waals surface area (Å²) in [5.41, 5.74) is 0. The number of nitrogens with zero attached hydrogens (tertiary/aromatic N) is 1. The van der Waals surface area contributed by atoms with Crippen molar-refractivity contribution in [3.8, 4) is 5.75 Å². The number of ether oxygens (including phenoxy) is 1. The highest BCUT2D eigenvalue weighted by Gasteiger charge is 2.24. The van der Waals surface area contributed by atoms with E-state index in [4.69, 9.17) is 16.3 Å². The lowest BCUT2D eigenvalue weighted by Crippen LogP contribution is -1.97. The standard InChI is InChI=1S/C9H10ClNOS/c1-13-9-8(10)7(4-5-11-9)12-6-2-3-6/h4-6H,2-3H2,1H3. The van der Waals surface area contributed by atoms with Crippen LogP contribution >= 0.6 is 23.4 Å². The SMILES string of the molecule is CSc1nccc(OC2CC2)c1Cl. The van der Waals surface area contributed by atoms with Crippen molar-refractivity contribution in [1.29, 1.82) is 0 Å². The molecule has 2 nitrogen and oxygen atoms in total. The molecule has 1 aliphatic rings. The molecule has 1 aromatic rings. The Bertz CT molecular complexity index is 314. The summed E-state index contributed by atoms with van der Waals surface area (Å²) in [7, 11) is 0. The molecule has 0 aromatic carbocycles. The van der Waals surface area contributed by atoms with Crippen LogP contribution in [0, 0.1) is 0 Å². The van der Waals surface area contributed by atoms with Crippen LogP contribution in [0.5, 0.6) is 5.75 Å². The Morgan fingerprint density at radius 2 is 2.38 bits per heavy atom. The fourth-order valence-corrected chi connectivity index (χ4v) is 1.84. The van der Waals surface area contributed by atoms with Crippen molar-refractivity contribution in [1.82, 2.24) is 4.98 Å². The van der Waals surface area contributed by atoms with Crippen LogP contribution in [0.2, 0.25) is 5.02 Å². The van der Waals surface area contributed by atoms with E-state index in [2.05, 4.69) is 4.98 Å². The van der Waals surface area contributed by atoms with E-state index < -0.39 is 0 Å². The lowest BCUT2D eigenvalue weighted by molar-refractivity contribution is 0.302. The van der Waals surface area contributed by atoms with Gasteiger partial charge in [0.2, 0.25) is 0 Å². The summed E-state index contributed by atoms with van der Waals surface area (Å²) >= 11 is 7.61. The summed E-state index contributed by atoms with van der Waals surface area (Å²) in [6.07, 6.45) is 6.36. The highest BCUT2D eigenvalue weighted by molar-refractivity contribution is 7.98. The van der Waals surface area contributed by atoms with Gasteiger partial charge in [-0.05, 0) is 19.1 Å². The third-order valence-electron chi connectivity index (χ3n) is 1.83. The van der Waals surface area contributed by atoms with Crippen molar-refractivity contribution in [2.24, 2.45) is 0 Å². The van der Waals surface area contributed by atoms with Crippen LogP contribution in [-0.2, 0) is 0 Å². The van der Waals surface area contributed by atoms with Gasteiger partial charge >= 0.3 is 0 Å². The third-order valence-corrected chi connectivity index (χ3v) is 3.01. The van der Waals surface area contributed by atoms with Gasteiger partial charge in [-0.15, -0.1) is 11.8 Å². The Morgan fingerprint density at radius 3 is 3.00 bits per heavy atom. The number of aromatic nitrogens is 1. The number of rotatable bonds is 3. The molecule has 0 radical (unpaired) electrons. The van der Waals surface area contributed by atoms with Gasteiger partial charge in [-0.3, -0.25) is 0 Å². The highest BCUT2D eigenvalue weighted by atomic mass is 35.5. The van der Waals surface area contributed by atoms with Crippen molar-refractivity contribution in [2.75, 3.05) is 6.26 Å². The number of halogens is 1. The van der Waals surface area contributed by atoms with E-state index in [0.29, 0.717) is 11.1 Å². The summed E-state index contributed by atoms with van der Waals surface area (Å²) in [5, 5.41) is 1.47. The maximum Gasteiger partial charge on any atom is 0.142 e. The van der Waals surface area contributed by atoms with E-state index in [0.717, 1.165) is 23.6 Å². The third kappa shape index (κ3) is 2.09. The van der Waals surface area contributed by atoms with E-state index in [1.165, 1.54) is 11.8 Å². The fourth-order valence-electron chi connectivity index (χ4n) is 1.01. The first-order chi connectivity index (χ1) is 6.31. The van der Waals surface area contributed by atoms with Crippen LogP contribution in [0.4, 0.5) is 0 Å². The van der Waals surface area contributed by atoms with Gasteiger partial charge in [-0.25, -0.2) is 4.98 Å². The minimum absolute atomic E-state index is 0.384. The molecule has 0 saturated heterocycles. The molecular weight excluding hydrogens is 206 g/mol. The maximum atomic E-state index is 6.07. The molecule has 1 aromatic heterocycles. The van der Waals surface area contributed by atoms with Gasteiger partial charge in [0.1, 0.15) is 15.8 Å². The van der Waals surface area contributed by atoms with Gasteiger partial charge < -0.3 is 4.74 Å². The lowest BCUT2D eigenvalue weighted by Gasteiger charge is -2.07. The molecule has 0 unspecified atom stereocenters. The first-order valence-corrected chi connectivity index (χ1v) is 5.76. The summed E-state index contributed by atoms with van der Waals surface area (Å²) in [5.74, 6) is 0.767. The smallest absolute Gasteiger partial charge is 0.142 e. The van der Waals surface area contributed by atoms with Crippen LogP contribution in [0.1, 0.15) is 12.8 Å². The average Bonchev–Trinajstić information content (AvgIpc) is 2.92. The fraction of sp³-hybridized carbons (Fsp3) is 0.444. The first-order valence-electron chi connectivity index (χ1n) is 4.16. The highest BCUT2D eigenvalue weighted by Crippen LogP contribution is 2.35. The monoisotopic (exact) mass is 215 g/mol. The molecule has 0 spiro atoms.